The van der Waals surface area contributed by atoms with Crippen LogP contribution in [0.4, 0.5) is 5.69 Å². The standard InChI is InChI=1S/C19H22N2O4/c1-20-17(22)12-11-13-7-4-5-8-14(13)21-19(23)18-15(24-2)9-6-10-16(18)25-3/h4-10H,11-12H2,1-3H3,(H,20,22)(H,21,23). The van der Waals surface area contributed by atoms with Gasteiger partial charge in [-0.15, -0.1) is 0 Å². The number of para-hydroxylation sites is 1. The number of benzene rings is 2. The number of nitrogens with one attached hydrogen (secondary N) is 2. The van der Waals surface area contributed by atoms with Gasteiger partial charge in [0.15, 0.2) is 0 Å². The van der Waals surface area contributed by atoms with Crippen molar-refractivity contribution in [3.05, 3.63) is 53.6 Å². The molecule has 0 aliphatic rings. The summed E-state index contributed by atoms with van der Waals surface area (Å²) in [7, 11) is 4.61. The molecule has 0 aromatic heterocycles. The molecular weight excluding hydrogens is 320 g/mol. The molecule has 2 amide bonds. The summed E-state index contributed by atoms with van der Waals surface area (Å²) in [5.74, 6) is 0.480. The van der Waals surface area contributed by atoms with E-state index in [1.807, 2.05) is 18.2 Å². The van der Waals surface area contributed by atoms with Gasteiger partial charge in [0.05, 0.1) is 14.2 Å². The molecule has 0 spiro atoms. The van der Waals surface area contributed by atoms with Gasteiger partial charge >= 0.3 is 0 Å². The van der Waals surface area contributed by atoms with Crippen molar-refractivity contribution in [1.82, 2.24) is 5.32 Å². The molecule has 0 aliphatic heterocycles. The van der Waals surface area contributed by atoms with Crippen molar-refractivity contribution in [2.75, 3.05) is 26.6 Å². The quantitative estimate of drug-likeness (QED) is 0.811. The predicted octanol–water partition coefficient (Wildman–Crippen LogP) is 2.63. The third-order valence-electron chi connectivity index (χ3n) is 3.82. The number of methoxy groups -OCH3 is 2. The average Bonchev–Trinajstić information content (AvgIpc) is 2.66. The molecule has 0 radical (unpaired) electrons. The van der Waals surface area contributed by atoms with E-state index in [1.165, 1.54) is 14.2 Å². The molecule has 0 fully saturated rings. The van der Waals surface area contributed by atoms with Crippen LogP contribution in [-0.2, 0) is 11.2 Å². The van der Waals surface area contributed by atoms with Gasteiger partial charge in [-0.3, -0.25) is 9.59 Å². The molecule has 6 heteroatoms. The second-order valence-electron chi connectivity index (χ2n) is 5.32. The molecular formula is C19H22N2O4. The molecule has 0 bridgehead atoms. The average molecular weight is 342 g/mol. The lowest BCUT2D eigenvalue weighted by Gasteiger charge is -2.15. The molecule has 2 aromatic rings. The first-order chi connectivity index (χ1) is 12.1. The minimum atomic E-state index is -0.332. The Morgan fingerprint density at radius 3 is 2.20 bits per heavy atom. The van der Waals surface area contributed by atoms with E-state index in [4.69, 9.17) is 9.47 Å². The molecule has 2 rings (SSSR count). The van der Waals surface area contributed by atoms with Crippen LogP contribution >= 0.6 is 0 Å². The number of ether oxygens (including phenoxy) is 2. The molecule has 0 saturated carbocycles. The minimum absolute atomic E-state index is 0.0486. The molecule has 6 nitrogen and oxygen atoms in total. The van der Waals surface area contributed by atoms with Crippen LogP contribution in [0.2, 0.25) is 0 Å². The van der Waals surface area contributed by atoms with Gasteiger partial charge in [0.25, 0.3) is 5.91 Å². The van der Waals surface area contributed by atoms with Crippen molar-refractivity contribution < 1.29 is 19.1 Å². The predicted molar refractivity (Wildman–Crippen MR) is 96.3 cm³/mol. The van der Waals surface area contributed by atoms with Crippen LogP contribution in [0.1, 0.15) is 22.3 Å². The molecule has 25 heavy (non-hydrogen) atoms. The Kier molecular flexibility index (Phi) is 6.39. The highest BCUT2D eigenvalue weighted by Gasteiger charge is 2.19. The lowest BCUT2D eigenvalue weighted by molar-refractivity contribution is -0.120. The second kappa shape index (κ2) is 8.73. The number of anilines is 1. The first-order valence-electron chi connectivity index (χ1n) is 7.91. The van der Waals surface area contributed by atoms with Crippen molar-refractivity contribution in [2.24, 2.45) is 0 Å². The summed E-state index contributed by atoms with van der Waals surface area (Å²) in [6.45, 7) is 0. The highest BCUT2D eigenvalue weighted by molar-refractivity contribution is 6.08. The van der Waals surface area contributed by atoms with E-state index in [1.54, 1.807) is 31.3 Å². The summed E-state index contributed by atoms with van der Waals surface area (Å²) in [4.78, 5) is 24.2. The van der Waals surface area contributed by atoms with Crippen molar-refractivity contribution >= 4 is 17.5 Å². The molecule has 132 valence electrons. The summed E-state index contributed by atoms with van der Waals surface area (Å²) in [5.41, 5.74) is 1.87. The molecule has 0 saturated heterocycles. The highest BCUT2D eigenvalue weighted by atomic mass is 16.5. The summed E-state index contributed by atoms with van der Waals surface area (Å²) in [6, 6.07) is 12.6. The van der Waals surface area contributed by atoms with E-state index < -0.39 is 0 Å². The third kappa shape index (κ3) is 4.50. The van der Waals surface area contributed by atoms with Gasteiger partial charge in [-0.1, -0.05) is 24.3 Å². The highest BCUT2D eigenvalue weighted by Crippen LogP contribution is 2.29. The lowest BCUT2D eigenvalue weighted by Crippen LogP contribution is -2.19. The van der Waals surface area contributed by atoms with Gasteiger partial charge in [0, 0.05) is 19.2 Å². The monoisotopic (exact) mass is 342 g/mol. The van der Waals surface area contributed by atoms with Gasteiger partial charge in [0.1, 0.15) is 17.1 Å². The number of amides is 2. The van der Waals surface area contributed by atoms with Crippen LogP contribution in [0.15, 0.2) is 42.5 Å². The maximum atomic E-state index is 12.8. The molecule has 0 atom stereocenters. The molecule has 2 N–H and O–H groups in total. The maximum Gasteiger partial charge on any atom is 0.263 e. The van der Waals surface area contributed by atoms with E-state index in [2.05, 4.69) is 10.6 Å². The van der Waals surface area contributed by atoms with Crippen LogP contribution in [0.25, 0.3) is 0 Å². The van der Waals surface area contributed by atoms with E-state index >= 15 is 0 Å². The van der Waals surface area contributed by atoms with E-state index in [0.29, 0.717) is 35.6 Å². The Balaban J connectivity index is 2.26. The number of aryl methyl sites for hydroxylation is 1. The van der Waals surface area contributed by atoms with Gasteiger partial charge in [0.2, 0.25) is 5.91 Å². The number of hydrogen-bond acceptors (Lipinski definition) is 4. The van der Waals surface area contributed by atoms with Gasteiger partial charge < -0.3 is 20.1 Å². The summed E-state index contributed by atoms with van der Waals surface area (Å²) >= 11 is 0. The zero-order chi connectivity index (χ0) is 18.2. The van der Waals surface area contributed by atoms with Crippen LogP contribution < -0.4 is 20.1 Å². The lowest BCUT2D eigenvalue weighted by atomic mass is 10.1. The number of hydrogen-bond donors (Lipinski definition) is 2. The molecule has 0 heterocycles. The zero-order valence-corrected chi connectivity index (χ0v) is 14.6. The minimum Gasteiger partial charge on any atom is -0.496 e. The van der Waals surface area contributed by atoms with Crippen molar-refractivity contribution in [1.29, 1.82) is 0 Å². The number of carbonyl (C=O) groups excluding carboxylic acids is 2. The maximum absolute atomic E-state index is 12.8. The smallest absolute Gasteiger partial charge is 0.263 e. The van der Waals surface area contributed by atoms with E-state index in [9.17, 15) is 9.59 Å². The normalized spacial score (nSPS) is 10.0. The number of carbonyl (C=O) groups is 2. The van der Waals surface area contributed by atoms with Gasteiger partial charge in [-0.2, -0.15) is 0 Å². The Bertz CT molecular complexity index is 737. The number of rotatable bonds is 7. The van der Waals surface area contributed by atoms with Crippen molar-refractivity contribution in [3.8, 4) is 11.5 Å². The van der Waals surface area contributed by atoms with Crippen LogP contribution in [0.5, 0.6) is 11.5 Å². The third-order valence-corrected chi connectivity index (χ3v) is 3.82. The molecule has 2 aromatic carbocycles. The summed E-state index contributed by atoms with van der Waals surface area (Å²) < 4.78 is 10.6. The van der Waals surface area contributed by atoms with E-state index in [-0.39, 0.29) is 11.8 Å². The Labute approximate surface area is 147 Å². The Hall–Kier alpha value is -3.02. The van der Waals surface area contributed by atoms with Crippen molar-refractivity contribution in [3.63, 3.8) is 0 Å². The fourth-order valence-electron chi connectivity index (χ4n) is 2.49. The van der Waals surface area contributed by atoms with Crippen LogP contribution in [-0.4, -0.2) is 33.1 Å². The van der Waals surface area contributed by atoms with Gasteiger partial charge in [-0.25, -0.2) is 0 Å². The van der Waals surface area contributed by atoms with Crippen LogP contribution in [0.3, 0.4) is 0 Å². The van der Waals surface area contributed by atoms with Crippen molar-refractivity contribution in [2.45, 2.75) is 12.8 Å². The Morgan fingerprint density at radius 1 is 0.960 bits per heavy atom. The fourth-order valence-corrected chi connectivity index (χ4v) is 2.49. The van der Waals surface area contributed by atoms with Gasteiger partial charge in [-0.05, 0) is 30.2 Å². The molecule has 0 aliphatic carbocycles. The van der Waals surface area contributed by atoms with Crippen LogP contribution in [0, 0.1) is 0 Å². The zero-order valence-electron chi connectivity index (χ0n) is 14.6. The first kappa shape index (κ1) is 18.3. The SMILES string of the molecule is CNC(=O)CCc1ccccc1NC(=O)c1c(OC)cccc1OC. The second-order valence-corrected chi connectivity index (χ2v) is 5.32. The summed E-state index contributed by atoms with van der Waals surface area (Å²) in [5, 5.41) is 5.48. The summed E-state index contributed by atoms with van der Waals surface area (Å²) in [6.07, 6.45) is 0.876. The largest absolute Gasteiger partial charge is 0.496 e. The fraction of sp³-hybridized carbons (Fsp3) is 0.263. The first-order valence-corrected chi connectivity index (χ1v) is 7.91. The topological polar surface area (TPSA) is 76.7 Å². The Morgan fingerprint density at radius 2 is 1.60 bits per heavy atom. The van der Waals surface area contributed by atoms with E-state index in [0.717, 1.165) is 5.56 Å². The molecule has 0 unspecified atom stereocenters.